The van der Waals surface area contributed by atoms with Crippen LogP contribution in [0.2, 0.25) is 0 Å². The minimum Gasteiger partial charge on any atom is -0.391 e. The second-order valence-electron chi connectivity index (χ2n) is 7.60. The van der Waals surface area contributed by atoms with E-state index in [9.17, 15) is 9.90 Å². The minimum atomic E-state index is -0.397. The number of aliphatic hydroxyl groups excluding tert-OH is 1. The molecule has 1 saturated carbocycles. The molecule has 0 spiro atoms. The number of likely N-dealkylation sites (tertiary alicyclic amines) is 1. The Balaban J connectivity index is 1.43. The van der Waals surface area contributed by atoms with Crippen molar-refractivity contribution in [2.75, 3.05) is 6.54 Å². The molecule has 4 atom stereocenters. The van der Waals surface area contributed by atoms with Gasteiger partial charge < -0.3 is 15.7 Å². The summed E-state index contributed by atoms with van der Waals surface area (Å²) in [5.74, 6) is 0. The summed E-state index contributed by atoms with van der Waals surface area (Å²) < 4.78 is 0. The number of aliphatic hydroxyl groups is 1. The summed E-state index contributed by atoms with van der Waals surface area (Å²) in [5.41, 5.74) is 1.34. The third kappa shape index (κ3) is 5.19. The molecule has 0 radical (unpaired) electrons. The Bertz CT molecular complexity index is 551. The lowest BCUT2D eigenvalue weighted by Crippen LogP contribution is -2.54. The molecule has 5 nitrogen and oxygen atoms in total. The topological polar surface area (TPSA) is 64.6 Å². The van der Waals surface area contributed by atoms with Gasteiger partial charge in [0.15, 0.2) is 0 Å². The fourth-order valence-corrected chi connectivity index (χ4v) is 4.08. The summed E-state index contributed by atoms with van der Waals surface area (Å²) >= 11 is 0. The van der Waals surface area contributed by atoms with E-state index in [-0.39, 0.29) is 18.1 Å². The molecule has 25 heavy (non-hydrogen) atoms. The van der Waals surface area contributed by atoms with E-state index >= 15 is 0 Å². The summed E-state index contributed by atoms with van der Waals surface area (Å²) in [5, 5.41) is 16.1. The summed E-state index contributed by atoms with van der Waals surface area (Å²) in [7, 11) is 0. The molecule has 1 heterocycles. The smallest absolute Gasteiger partial charge is 0.315 e. The van der Waals surface area contributed by atoms with E-state index in [0.29, 0.717) is 6.04 Å². The van der Waals surface area contributed by atoms with Crippen molar-refractivity contribution in [1.82, 2.24) is 15.5 Å². The summed E-state index contributed by atoms with van der Waals surface area (Å²) in [6.07, 6.45) is 5.34. The van der Waals surface area contributed by atoms with Crippen molar-refractivity contribution in [2.45, 2.75) is 76.2 Å². The first-order valence-electron chi connectivity index (χ1n) is 9.65. The molecule has 5 heteroatoms. The lowest BCUT2D eigenvalue weighted by atomic mass is 9.93. The molecule has 3 N–H and O–H groups in total. The number of benzene rings is 1. The van der Waals surface area contributed by atoms with E-state index < -0.39 is 6.10 Å². The number of carbonyl (C=O) groups excluding carboxylic acids is 1. The van der Waals surface area contributed by atoms with Crippen molar-refractivity contribution in [2.24, 2.45) is 0 Å². The van der Waals surface area contributed by atoms with Crippen LogP contribution in [-0.2, 0) is 6.54 Å². The van der Waals surface area contributed by atoms with Gasteiger partial charge in [0.05, 0.1) is 12.1 Å². The van der Waals surface area contributed by atoms with Crippen LogP contribution in [0.4, 0.5) is 4.79 Å². The number of nitrogens with zero attached hydrogens (tertiary/aromatic N) is 1. The average Bonchev–Trinajstić information content (AvgIpc) is 2.60. The maximum atomic E-state index is 12.3. The van der Waals surface area contributed by atoms with Gasteiger partial charge in [-0.2, -0.15) is 0 Å². The lowest BCUT2D eigenvalue weighted by molar-refractivity contribution is 0.0923. The molecule has 0 aromatic heterocycles. The largest absolute Gasteiger partial charge is 0.391 e. The molecule has 2 aliphatic rings. The molecule has 3 rings (SSSR count). The zero-order valence-corrected chi connectivity index (χ0v) is 15.2. The molecule has 1 aromatic carbocycles. The van der Waals surface area contributed by atoms with E-state index in [4.69, 9.17) is 0 Å². The van der Waals surface area contributed by atoms with Crippen molar-refractivity contribution in [3.63, 3.8) is 0 Å². The molecule has 1 aliphatic heterocycles. The number of carbonyl (C=O) groups is 1. The van der Waals surface area contributed by atoms with Crippen LogP contribution >= 0.6 is 0 Å². The number of hydrogen-bond acceptors (Lipinski definition) is 3. The van der Waals surface area contributed by atoms with Crippen LogP contribution in [0.1, 0.15) is 51.0 Å². The van der Waals surface area contributed by atoms with Crippen LogP contribution in [-0.4, -0.2) is 46.8 Å². The normalized spacial score (nSPS) is 30.6. The number of nitrogens with one attached hydrogen (secondary N) is 2. The summed E-state index contributed by atoms with van der Waals surface area (Å²) in [6.45, 7) is 4.20. The molecule has 1 aromatic rings. The van der Waals surface area contributed by atoms with Gasteiger partial charge in [0.2, 0.25) is 0 Å². The number of urea groups is 1. The van der Waals surface area contributed by atoms with Gasteiger partial charge in [-0.15, -0.1) is 0 Å². The van der Waals surface area contributed by atoms with Gasteiger partial charge in [0.25, 0.3) is 0 Å². The second kappa shape index (κ2) is 8.68. The van der Waals surface area contributed by atoms with E-state index in [1.807, 2.05) is 6.07 Å². The predicted molar refractivity (Wildman–Crippen MR) is 99.3 cm³/mol. The Hall–Kier alpha value is -1.59. The zero-order chi connectivity index (χ0) is 17.6. The molecule has 2 fully saturated rings. The third-order valence-electron chi connectivity index (χ3n) is 5.62. The SMILES string of the molecule is CC1CC(NC(=O)NC2CCCCC2O)CCN1Cc1ccccc1. The highest BCUT2D eigenvalue weighted by Crippen LogP contribution is 2.21. The Kier molecular flexibility index (Phi) is 6.32. The molecule has 4 unspecified atom stereocenters. The van der Waals surface area contributed by atoms with Crippen LogP contribution in [0.15, 0.2) is 30.3 Å². The standard InChI is InChI=1S/C20H31N3O2/c1-15-13-17(11-12-23(15)14-16-7-3-2-4-8-16)21-20(25)22-18-9-5-6-10-19(18)24/h2-4,7-8,15,17-19,24H,5-6,9-14H2,1H3,(H2,21,22,25). The Morgan fingerprint density at radius 1 is 1.16 bits per heavy atom. The quantitative estimate of drug-likeness (QED) is 0.786. The monoisotopic (exact) mass is 345 g/mol. The number of hydrogen-bond donors (Lipinski definition) is 3. The van der Waals surface area contributed by atoms with Gasteiger partial charge in [-0.25, -0.2) is 4.79 Å². The predicted octanol–water partition coefficient (Wildman–Crippen LogP) is 2.64. The van der Waals surface area contributed by atoms with Crippen LogP contribution < -0.4 is 10.6 Å². The molecular formula is C20H31N3O2. The van der Waals surface area contributed by atoms with Crippen molar-refractivity contribution in [3.05, 3.63) is 35.9 Å². The van der Waals surface area contributed by atoms with Gasteiger partial charge >= 0.3 is 6.03 Å². The fourth-order valence-electron chi connectivity index (χ4n) is 4.08. The first kappa shape index (κ1) is 18.2. The summed E-state index contributed by atoms with van der Waals surface area (Å²) in [6, 6.07) is 11.0. The van der Waals surface area contributed by atoms with E-state index in [0.717, 1.165) is 51.6 Å². The number of amides is 2. The zero-order valence-electron chi connectivity index (χ0n) is 15.2. The van der Waals surface area contributed by atoms with Gasteiger partial charge in [0, 0.05) is 25.2 Å². The lowest BCUT2D eigenvalue weighted by Gasteiger charge is -2.38. The van der Waals surface area contributed by atoms with E-state index in [1.54, 1.807) is 0 Å². The van der Waals surface area contributed by atoms with Gasteiger partial charge in [-0.3, -0.25) is 4.90 Å². The molecular weight excluding hydrogens is 314 g/mol. The highest BCUT2D eigenvalue weighted by atomic mass is 16.3. The van der Waals surface area contributed by atoms with Crippen molar-refractivity contribution in [1.29, 1.82) is 0 Å². The highest BCUT2D eigenvalue weighted by Gasteiger charge is 2.28. The van der Waals surface area contributed by atoms with Crippen LogP contribution in [0.3, 0.4) is 0 Å². The fraction of sp³-hybridized carbons (Fsp3) is 0.650. The number of piperidine rings is 1. The maximum absolute atomic E-state index is 12.3. The Morgan fingerprint density at radius 3 is 2.64 bits per heavy atom. The third-order valence-corrected chi connectivity index (χ3v) is 5.62. The highest BCUT2D eigenvalue weighted by molar-refractivity contribution is 5.74. The molecule has 0 bridgehead atoms. The Morgan fingerprint density at radius 2 is 1.92 bits per heavy atom. The Labute approximate surface area is 150 Å². The van der Waals surface area contributed by atoms with Crippen molar-refractivity contribution < 1.29 is 9.90 Å². The first-order valence-corrected chi connectivity index (χ1v) is 9.65. The average molecular weight is 345 g/mol. The van der Waals surface area contributed by atoms with Gasteiger partial charge in [0.1, 0.15) is 0 Å². The van der Waals surface area contributed by atoms with Crippen molar-refractivity contribution >= 4 is 6.03 Å². The summed E-state index contributed by atoms with van der Waals surface area (Å²) in [4.78, 5) is 14.7. The van der Waals surface area contributed by atoms with Crippen LogP contribution in [0.25, 0.3) is 0 Å². The van der Waals surface area contributed by atoms with E-state index in [1.165, 1.54) is 5.56 Å². The molecule has 2 amide bonds. The second-order valence-corrected chi connectivity index (χ2v) is 7.60. The van der Waals surface area contributed by atoms with Gasteiger partial charge in [-0.05, 0) is 38.2 Å². The van der Waals surface area contributed by atoms with E-state index in [2.05, 4.69) is 46.7 Å². The van der Waals surface area contributed by atoms with Crippen LogP contribution in [0.5, 0.6) is 0 Å². The van der Waals surface area contributed by atoms with Crippen molar-refractivity contribution in [3.8, 4) is 0 Å². The number of rotatable bonds is 4. The minimum absolute atomic E-state index is 0.0932. The maximum Gasteiger partial charge on any atom is 0.315 e. The molecule has 138 valence electrons. The molecule has 1 aliphatic carbocycles. The van der Waals surface area contributed by atoms with Crippen LogP contribution in [0, 0.1) is 0 Å². The van der Waals surface area contributed by atoms with Gasteiger partial charge in [-0.1, -0.05) is 43.2 Å². The first-order chi connectivity index (χ1) is 12.1. The molecule has 1 saturated heterocycles.